The van der Waals surface area contributed by atoms with Gasteiger partial charge in [-0.25, -0.2) is 4.79 Å². The summed E-state index contributed by atoms with van der Waals surface area (Å²) < 4.78 is 14.7. The molecule has 0 saturated carbocycles. The van der Waals surface area contributed by atoms with Gasteiger partial charge in [-0.15, -0.1) is 0 Å². The third kappa shape index (κ3) is 7.85. The smallest absolute Gasteiger partial charge is 0.407 e. The first-order valence-electron chi connectivity index (χ1n) is 7.25. The predicted octanol–water partition coefficient (Wildman–Crippen LogP) is 2.03. The molecule has 0 bridgehead atoms. The molecule has 0 radical (unpaired) electrons. The van der Waals surface area contributed by atoms with Gasteiger partial charge in [0, 0.05) is 0 Å². The molecule has 0 unspecified atom stereocenters. The summed E-state index contributed by atoms with van der Waals surface area (Å²) in [5.74, 6) is -0.773. The third-order valence-electron chi connectivity index (χ3n) is 3.21. The Hall–Kier alpha value is -1.79. The Morgan fingerprint density at radius 2 is 1.68 bits per heavy atom. The van der Waals surface area contributed by atoms with E-state index >= 15 is 0 Å². The Bertz CT molecular complexity index is 403. The van der Waals surface area contributed by atoms with E-state index in [2.05, 4.69) is 10.1 Å². The highest BCUT2D eigenvalue weighted by Gasteiger charge is 2.28. The van der Waals surface area contributed by atoms with Crippen LogP contribution in [-0.4, -0.2) is 43.9 Å². The minimum Gasteiger partial charge on any atom is -0.469 e. The maximum Gasteiger partial charge on any atom is 0.407 e. The molecule has 0 aromatic carbocycles. The number of hydrogen-bond donors (Lipinski definition) is 1. The summed E-state index contributed by atoms with van der Waals surface area (Å²) in [5, 5.41) is 2.46. The Balaban J connectivity index is 4.05. The number of methoxy groups -OCH3 is 1. The zero-order valence-electron chi connectivity index (χ0n) is 14.3. The lowest BCUT2D eigenvalue weighted by atomic mass is 9.91. The predicted molar refractivity (Wildman–Crippen MR) is 80.2 cm³/mol. The molecule has 0 aliphatic carbocycles. The van der Waals surface area contributed by atoms with Crippen LogP contribution in [0.25, 0.3) is 0 Å². The van der Waals surface area contributed by atoms with Gasteiger partial charge in [0.15, 0.2) is 0 Å². The molecule has 22 heavy (non-hydrogen) atoms. The van der Waals surface area contributed by atoms with Crippen molar-refractivity contribution in [2.45, 2.75) is 53.1 Å². The Labute approximate surface area is 131 Å². The van der Waals surface area contributed by atoms with Crippen LogP contribution >= 0.6 is 0 Å². The van der Waals surface area contributed by atoms with E-state index in [1.165, 1.54) is 7.11 Å². The van der Waals surface area contributed by atoms with E-state index in [0.29, 0.717) is 6.42 Å². The summed E-state index contributed by atoms with van der Waals surface area (Å²) in [5.41, 5.74) is -1.51. The molecular weight excluding hydrogens is 290 g/mol. The Morgan fingerprint density at radius 1 is 1.09 bits per heavy atom. The molecule has 1 amide bonds. The molecule has 0 fully saturated rings. The molecule has 0 rings (SSSR count). The number of carbonyl (C=O) groups excluding carboxylic acids is 3. The topological polar surface area (TPSA) is 90.9 Å². The van der Waals surface area contributed by atoms with Crippen LogP contribution in [0.4, 0.5) is 4.79 Å². The molecule has 128 valence electrons. The normalized spacial score (nSPS) is 11.5. The van der Waals surface area contributed by atoms with Crippen LogP contribution in [0.3, 0.4) is 0 Å². The van der Waals surface area contributed by atoms with Gasteiger partial charge < -0.3 is 19.5 Å². The zero-order valence-corrected chi connectivity index (χ0v) is 14.3. The van der Waals surface area contributed by atoms with Crippen molar-refractivity contribution in [3.8, 4) is 0 Å². The second kappa shape index (κ2) is 8.60. The first kappa shape index (κ1) is 20.2. The first-order chi connectivity index (χ1) is 10.0. The van der Waals surface area contributed by atoms with Gasteiger partial charge in [0.05, 0.1) is 25.5 Å². The van der Waals surface area contributed by atoms with Crippen LogP contribution in [0.5, 0.6) is 0 Å². The second-order valence-corrected chi connectivity index (χ2v) is 6.20. The van der Waals surface area contributed by atoms with Crippen molar-refractivity contribution in [3.05, 3.63) is 0 Å². The molecule has 0 aromatic rings. The molecule has 1 N–H and O–H groups in total. The third-order valence-corrected chi connectivity index (χ3v) is 3.21. The molecule has 0 saturated heterocycles. The fraction of sp³-hybridized carbons (Fsp3) is 0.800. The van der Waals surface area contributed by atoms with E-state index in [-0.39, 0.29) is 25.5 Å². The molecule has 0 aromatic heterocycles. The minimum atomic E-state index is -0.974. The number of alkyl carbamates (subject to hydrolysis) is 1. The molecular formula is C15H27NO6. The lowest BCUT2D eigenvalue weighted by molar-refractivity contribution is -0.154. The van der Waals surface area contributed by atoms with E-state index in [9.17, 15) is 14.4 Å². The highest BCUT2D eigenvalue weighted by Crippen LogP contribution is 2.21. The summed E-state index contributed by atoms with van der Waals surface area (Å²) in [6.07, 6.45) is -0.0562. The SMILES string of the molecule is CCC(C)(C)C(=O)OCCNC(=O)OC(C)(C)CC(=O)OC. The van der Waals surface area contributed by atoms with Crippen molar-refractivity contribution < 1.29 is 28.6 Å². The van der Waals surface area contributed by atoms with E-state index in [0.717, 1.165) is 0 Å². The van der Waals surface area contributed by atoms with Gasteiger partial charge in [-0.1, -0.05) is 6.92 Å². The van der Waals surface area contributed by atoms with Crippen LogP contribution in [0.2, 0.25) is 0 Å². The molecule has 0 atom stereocenters. The Kier molecular flexibility index (Phi) is 7.90. The van der Waals surface area contributed by atoms with Crippen molar-refractivity contribution in [1.82, 2.24) is 5.32 Å². The molecule has 0 aliphatic heterocycles. The summed E-state index contributed by atoms with van der Waals surface area (Å²) in [6.45, 7) is 8.91. The summed E-state index contributed by atoms with van der Waals surface area (Å²) >= 11 is 0. The number of nitrogens with one attached hydrogen (secondary N) is 1. The van der Waals surface area contributed by atoms with Crippen LogP contribution in [0.1, 0.15) is 47.5 Å². The Morgan fingerprint density at radius 3 is 2.18 bits per heavy atom. The quantitative estimate of drug-likeness (QED) is 0.418. The zero-order chi connectivity index (χ0) is 17.4. The van der Waals surface area contributed by atoms with Crippen molar-refractivity contribution in [1.29, 1.82) is 0 Å². The van der Waals surface area contributed by atoms with Crippen molar-refractivity contribution in [3.63, 3.8) is 0 Å². The number of ether oxygens (including phenoxy) is 3. The van der Waals surface area contributed by atoms with Crippen molar-refractivity contribution >= 4 is 18.0 Å². The molecule has 0 spiro atoms. The standard InChI is InChI=1S/C15H27NO6/c1-7-14(2,3)12(18)21-9-8-16-13(19)22-15(4,5)10-11(17)20-6/h7-10H2,1-6H3,(H,16,19). The highest BCUT2D eigenvalue weighted by molar-refractivity contribution is 5.76. The van der Waals surface area contributed by atoms with Gasteiger partial charge >= 0.3 is 18.0 Å². The molecule has 0 heterocycles. The van der Waals surface area contributed by atoms with E-state index in [1.807, 2.05) is 6.92 Å². The van der Waals surface area contributed by atoms with Crippen LogP contribution in [-0.2, 0) is 23.8 Å². The largest absolute Gasteiger partial charge is 0.469 e. The number of amides is 1. The van der Waals surface area contributed by atoms with Crippen molar-refractivity contribution in [2.24, 2.45) is 5.41 Å². The lowest BCUT2D eigenvalue weighted by Crippen LogP contribution is -2.38. The maximum atomic E-state index is 11.7. The van der Waals surface area contributed by atoms with E-state index in [4.69, 9.17) is 9.47 Å². The van der Waals surface area contributed by atoms with Gasteiger partial charge in [-0.3, -0.25) is 9.59 Å². The van der Waals surface area contributed by atoms with Crippen molar-refractivity contribution in [2.75, 3.05) is 20.3 Å². The van der Waals surface area contributed by atoms with Crippen LogP contribution in [0, 0.1) is 5.41 Å². The minimum absolute atomic E-state index is 0.0450. The summed E-state index contributed by atoms with van der Waals surface area (Å²) in [6, 6.07) is 0. The molecule has 7 heteroatoms. The summed E-state index contributed by atoms with van der Waals surface area (Å²) in [7, 11) is 1.27. The van der Waals surface area contributed by atoms with Gasteiger partial charge in [0.25, 0.3) is 0 Å². The van der Waals surface area contributed by atoms with Gasteiger partial charge in [-0.2, -0.15) is 0 Å². The van der Waals surface area contributed by atoms with Crippen LogP contribution in [0.15, 0.2) is 0 Å². The fourth-order valence-corrected chi connectivity index (χ4v) is 1.38. The second-order valence-electron chi connectivity index (χ2n) is 6.20. The average Bonchev–Trinajstić information content (AvgIpc) is 2.41. The fourth-order valence-electron chi connectivity index (χ4n) is 1.38. The number of rotatable bonds is 8. The maximum absolute atomic E-state index is 11.7. The monoisotopic (exact) mass is 317 g/mol. The van der Waals surface area contributed by atoms with Gasteiger partial charge in [-0.05, 0) is 34.1 Å². The van der Waals surface area contributed by atoms with E-state index < -0.39 is 23.1 Å². The lowest BCUT2D eigenvalue weighted by Gasteiger charge is -2.24. The number of hydrogen-bond acceptors (Lipinski definition) is 6. The first-order valence-corrected chi connectivity index (χ1v) is 7.25. The average molecular weight is 317 g/mol. The van der Waals surface area contributed by atoms with Gasteiger partial charge in [0.1, 0.15) is 12.2 Å². The number of carbonyl (C=O) groups is 3. The molecule has 0 aliphatic rings. The van der Waals surface area contributed by atoms with Crippen LogP contribution < -0.4 is 5.32 Å². The number of esters is 2. The summed E-state index contributed by atoms with van der Waals surface area (Å²) in [4.78, 5) is 34.5. The highest BCUT2D eigenvalue weighted by atomic mass is 16.6. The molecule has 7 nitrogen and oxygen atoms in total. The van der Waals surface area contributed by atoms with Gasteiger partial charge in [0.2, 0.25) is 0 Å². The van der Waals surface area contributed by atoms with E-state index in [1.54, 1.807) is 27.7 Å².